The number of hydrogen-bond acceptors (Lipinski definition) is 5. The van der Waals surface area contributed by atoms with E-state index >= 15 is 0 Å². The summed E-state index contributed by atoms with van der Waals surface area (Å²) in [7, 11) is 3.81. The largest absolute Gasteiger partial charge is 0.449 e. The minimum absolute atomic E-state index is 0.175. The van der Waals surface area contributed by atoms with Gasteiger partial charge in [0.2, 0.25) is 5.91 Å². The Morgan fingerprint density at radius 3 is 1.89 bits per heavy atom. The Bertz CT molecular complexity index is 814. The van der Waals surface area contributed by atoms with Crippen LogP contribution in [0.4, 0.5) is 17.1 Å². The SMILES string of the molecule is CC(=O)Nc1ccc(NC(=O)[C@H](C)OC(=O)c2ccc(N(C)C)cc2)cc1. The van der Waals surface area contributed by atoms with Gasteiger partial charge in [0.15, 0.2) is 6.10 Å². The predicted octanol–water partition coefficient (Wildman–Crippen LogP) is 2.90. The molecule has 0 unspecified atom stereocenters. The van der Waals surface area contributed by atoms with Gasteiger partial charge in [-0.1, -0.05) is 0 Å². The molecule has 27 heavy (non-hydrogen) atoms. The smallest absolute Gasteiger partial charge is 0.338 e. The van der Waals surface area contributed by atoms with Crippen LogP contribution in [0, 0.1) is 0 Å². The Morgan fingerprint density at radius 1 is 0.889 bits per heavy atom. The molecule has 2 aromatic rings. The monoisotopic (exact) mass is 369 g/mol. The van der Waals surface area contributed by atoms with E-state index < -0.39 is 18.0 Å². The normalized spacial score (nSPS) is 11.3. The molecule has 0 aliphatic rings. The zero-order valence-electron chi connectivity index (χ0n) is 15.8. The van der Waals surface area contributed by atoms with E-state index in [0.29, 0.717) is 16.9 Å². The number of ether oxygens (including phenoxy) is 1. The van der Waals surface area contributed by atoms with Crippen molar-refractivity contribution < 1.29 is 19.1 Å². The third-order valence-electron chi connectivity index (χ3n) is 3.75. The minimum atomic E-state index is -0.957. The molecule has 0 heterocycles. The van der Waals surface area contributed by atoms with Gasteiger partial charge in [-0.3, -0.25) is 9.59 Å². The summed E-state index contributed by atoms with van der Waals surface area (Å²) in [5.74, 6) is -1.18. The number of nitrogens with zero attached hydrogens (tertiary/aromatic N) is 1. The van der Waals surface area contributed by atoms with Crippen molar-refractivity contribution in [3.63, 3.8) is 0 Å². The standard InChI is InChI=1S/C20H23N3O4/c1-13(27-20(26)15-5-11-18(12-6-15)23(3)4)19(25)22-17-9-7-16(8-10-17)21-14(2)24/h5-13H,1-4H3,(H,21,24)(H,22,25)/t13-/m0/s1. The van der Waals surface area contributed by atoms with Crippen LogP contribution in [-0.4, -0.2) is 38.0 Å². The van der Waals surface area contributed by atoms with Crippen molar-refractivity contribution in [3.8, 4) is 0 Å². The average Bonchev–Trinajstić information content (AvgIpc) is 2.62. The molecule has 0 saturated heterocycles. The Morgan fingerprint density at radius 2 is 1.41 bits per heavy atom. The minimum Gasteiger partial charge on any atom is -0.449 e. The van der Waals surface area contributed by atoms with Crippen LogP contribution in [0.2, 0.25) is 0 Å². The van der Waals surface area contributed by atoms with Crippen LogP contribution in [0.5, 0.6) is 0 Å². The van der Waals surface area contributed by atoms with Crippen LogP contribution < -0.4 is 15.5 Å². The fourth-order valence-electron chi connectivity index (χ4n) is 2.26. The van der Waals surface area contributed by atoms with Gasteiger partial charge in [-0.25, -0.2) is 4.79 Å². The first kappa shape index (κ1) is 20.0. The lowest BCUT2D eigenvalue weighted by atomic mass is 10.2. The van der Waals surface area contributed by atoms with E-state index in [2.05, 4.69) is 10.6 Å². The van der Waals surface area contributed by atoms with Crippen molar-refractivity contribution in [3.05, 3.63) is 54.1 Å². The molecule has 2 rings (SSSR count). The number of amides is 2. The van der Waals surface area contributed by atoms with Crippen LogP contribution >= 0.6 is 0 Å². The number of hydrogen-bond donors (Lipinski definition) is 2. The van der Waals surface area contributed by atoms with Gasteiger partial charge in [0, 0.05) is 38.1 Å². The molecule has 2 aromatic carbocycles. The van der Waals surface area contributed by atoms with Crippen molar-refractivity contribution in [1.29, 1.82) is 0 Å². The molecule has 0 aromatic heterocycles. The van der Waals surface area contributed by atoms with Gasteiger partial charge in [0.05, 0.1) is 5.56 Å². The van der Waals surface area contributed by atoms with Gasteiger partial charge >= 0.3 is 5.97 Å². The highest BCUT2D eigenvalue weighted by atomic mass is 16.5. The molecule has 0 radical (unpaired) electrons. The van der Waals surface area contributed by atoms with Crippen LogP contribution in [-0.2, 0) is 14.3 Å². The highest BCUT2D eigenvalue weighted by molar-refractivity contribution is 5.97. The lowest BCUT2D eigenvalue weighted by Gasteiger charge is -2.15. The summed E-state index contributed by atoms with van der Waals surface area (Å²) in [4.78, 5) is 37.3. The Hall–Kier alpha value is -3.35. The molecular weight excluding hydrogens is 346 g/mol. The molecule has 7 nitrogen and oxygen atoms in total. The molecule has 2 amide bonds. The lowest BCUT2D eigenvalue weighted by Crippen LogP contribution is -2.30. The molecule has 0 spiro atoms. The van der Waals surface area contributed by atoms with Gasteiger partial charge in [0.1, 0.15) is 0 Å². The first-order valence-electron chi connectivity index (χ1n) is 8.43. The summed E-state index contributed by atoms with van der Waals surface area (Å²) in [5.41, 5.74) is 2.49. The van der Waals surface area contributed by atoms with Gasteiger partial charge < -0.3 is 20.3 Å². The third-order valence-corrected chi connectivity index (χ3v) is 3.75. The van der Waals surface area contributed by atoms with E-state index in [0.717, 1.165) is 5.69 Å². The van der Waals surface area contributed by atoms with Crippen LogP contribution in [0.25, 0.3) is 0 Å². The van der Waals surface area contributed by atoms with Gasteiger partial charge in [0.25, 0.3) is 5.91 Å². The predicted molar refractivity (Wildman–Crippen MR) is 105 cm³/mol. The number of anilines is 3. The number of nitrogens with one attached hydrogen (secondary N) is 2. The fourth-order valence-corrected chi connectivity index (χ4v) is 2.26. The Kier molecular flexibility index (Phi) is 6.54. The summed E-state index contributed by atoms with van der Waals surface area (Å²) in [6, 6.07) is 13.6. The van der Waals surface area contributed by atoms with E-state index in [4.69, 9.17) is 4.74 Å². The third kappa shape index (κ3) is 5.85. The number of rotatable bonds is 6. The van der Waals surface area contributed by atoms with Crippen LogP contribution in [0.15, 0.2) is 48.5 Å². The van der Waals surface area contributed by atoms with Crippen LogP contribution in [0.3, 0.4) is 0 Å². The lowest BCUT2D eigenvalue weighted by molar-refractivity contribution is -0.123. The molecule has 142 valence electrons. The number of esters is 1. The number of carbonyl (C=O) groups is 3. The maximum atomic E-state index is 12.2. The zero-order valence-corrected chi connectivity index (χ0v) is 15.8. The Labute approximate surface area is 158 Å². The highest BCUT2D eigenvalue weighted by Gasteiger charge is 2.19. The van der Waals surface area contributed by atoms with Crippen LogP contribution in [0.1, 0.15) is 24.2 Å². The second-order valence-electron chi connectivity index (χ2n) is 6.24. The van der Waals surface area contributed by atoms with E-state index in [-0.39, 0.29) is 5.91 Å². The van der Waals surface area contributed by atoms with E-state index in [9.17, 15) is 14.4 Å². The summed E-state index contributed by atoms with van der Waals surface area (Å²) < 4.78 is 5.23. The van der Waals surface area contributed by atoms with Crippen molar-refractivity contribution >= 4 is 34.8 Å². The molecule has 0 bridgehead atoms. The van der Waals surface area contributed by atoms with E-state index in [1.165, 1.54) is 13.8 Å². The molecule has 0 saturated carbocycles. The molecule has 1 atom stereocenters. The van der Waals surface area contributed by atoms with E-state index in [1.807, 2.05) is 19.0 Å². The van der Waals surface area contributed by atoms with Crippen molar-refractivity contribution in [2.24, 2.45) is 0 Å². The second-order valence-corrected chi connectivity index (χ2v) is 6.24. The molecule has 0 fully saturated rings. The maximum Gasteiger partial charge on any atom is 0.338 e. The molecular formula is C20H23N3O4. The van der Waals surface area contributed by atoms with E-state index in [1.54, 1.807) is 48.5 Å². The second kappa shape index (κ2) is 8.84. The number of carbonyl (C=O) groups excluding carboxylic acids is 3. The number of benzene rings is 2. The van der Waals surface area contributed by atoms with Gasteiger partial charge in [-0.15, -0.1) is 0 Å². The average molecular weight is 369 g/mol. The molecule has 0 aliphatic heterocycles. The summed E-state index contributed by atoms with van der Waals surface area (Å²) in [6.45, 7) is 2.92. The van der Waals surface area contributed by atoms with Gasteiger partial charge in [-0.05, 0) is 55.5 Å². The Balaban J connectivity index is 1.92. The summed E-state index contributed by atoms with van der Waals surface area (Å²) >= 11 is 0. The highest BCUT2D eigenvalue weighted by Crippen LogP contribution is 2.16. The maximum absolute atomic E-state index is 12.2. The van der Waals surface area contributed by atoms with Crippen molar-refractivity contribution in [2.45, 2.75) is 20.0 Å². The van der Waals surface area contributed by atoms with Gasteiger partial charge in [-0.2, -0.15) is 0 Å². The molecule has 0 aliphatic carbocycles. The zero-order chi connectivity index (χ0) is 20.0. The summed E-state index contributed by atoms with van der Waals surface area (Å²) in [5, 5.41) is 5.31. The first-order chi connectivity index (χ1) is 12.8. The topological polar surface area (TPSA) is 87.7 Å². The summed E-state index contributed by atoms with van der Waals surface area (Å²) in [6.07, 6.45) is -0.957. The molecule has 7 heteroatoms. The van der Waals surface area contributed by atoms with Crippen molar-refractivity contribution in [2.75, 3.05) is 29.6 Å². The fraction of sp³-hybridized carbons (Fsp3) is 0.250. The van der Waals surface area contributed by atoms with Crippen molar-refractivity contribution in [1.82, 2.24) is 0 Å². The quantitative estimate of drug-likeness (QED) is 0.765. The first-order valence-corrected chi connectivity index (χ1v) is 8.43. The molecule has 2 N–H and O–H groups in total.